The lowest BCUT2D eigenvalue weighted by Gasteiger charge is -2.05. The molecule has 106 valence electrons. The summed E-state index contributed by atoms with van der Waals surface area (Å²) < 4.78 is 6.49. The number of hydrogen-bond acceptors (Lipinski definition) is 4. The van der Waals surface area contributed by atoms with E-state index >= 15 is 0 Å². The Morgan fingerprint density at radius 2 is 2.24 bits per heavy atom. The van der Waals surface area contributed by atoms with Crippen molar-refractivity contribution >= 4 is 11.6 Å². The molecule has 0 aliphatic rings. The van der Waals surface area contributed by atoms with Gasteiger partial charge in [-0.1, -0.05) is 6.07 Å². The molecule has 0 saturated carbocycles. The fourth-order valence-electron chi connectivity index (χ4n) is 2.01. The number of pyridine rings is 1. The maximum atomic E-state index is 12.3. The van der Waals surface area contributed by atoms with Gasteiger partial charge in [0.2, 0.25) is 0 Å². The Morgan fingerprint density at radius 1 is 1.38 bits per heavy atom. The predicted octanol–water partition coefficient (Wildman–Crippen LogP) is 1.53. The second-order valence-corrected chi connectivity index (χ2v) is 4.67. The number of carbonyl (C=O) groups is 1. The Morgan fingerprint density at radius 3 is 3.00 bits per heavy atom. The molecule has 0 saturated heterocycles. The summed E-state index contributed by atoms with van der Waals surface area (Å²) in [5, 5.41) is 2.64. The van der Waals surface area contributed by atoms with Crippen molar-refractivity contribution < 1.29 is 9.21 Å². The number of nitrogens with one attached hydrogen (secondary N) is 1. The van der Waals surface area contributed by atoms with E-state index in [1.807, 2.05) is 13.0 Å². The maximum absolute atomic E-state index is 12.3. The molecule has 0 aliphatic carbocycles. The summed E-state index contributed by atoms with van der Waals surface area (Å²) in [4.78, 5) is 28.5. The highest BCUT2D eigenvalue weighted by molar-refractivity contribution is 5.93. The van der Waals surface area contributed by atoms with E-state index in [2.05, 4.69) is 10.3 Å². The number of rotatable bonds is 3. The smallest absolute Gasteiger partial charge is 0.270 e. The van der Waals surface area contributed by atoms with Crippen LogP contribution in [0.4, 0.5) is 0 Å². The lowest BCUT2D eigenvalue weighted by molar-refractivity contribution is 0.0946. The number of nitrogens with zero attached hydrogens (tertiary/aromatic N) is 2. The van der Waals surface area contributed by atoms with Crippen LogP contribution in [0.5, 0.6) is 0 Å². The molecule has 21 heavy (non-hydrogen) atoms. The minimum Gasteiger partial charge on any atom is -0.467 e. The summed E-state index contributed by atoms with van der Waals surface area (Å²) in [6.07, 6.45) is 4.48. The van der Waals surface area contributed by atoms with Crippen molar-refractivity contribution in [3.05, 3.63) is 70.2 Å². The van der Waals surface area contributed by atoms with Gasteiger partial charge in [-0.2, -0.15) is 0 Å². The van der Waals surface area contributed by atoms with E-state index in [1.165, 1.54) is 16.9 Å². The van der Waals surface area contributed by atoms with Crippen molar-refractivity contribution in [3.8, 4) is 0 Å². The second kappa shape index (κ2) is 5.24. The summed E-state index contributed by atoms with van der Waals surface area (Å²) >= 11 is 0. The van der Waals surface area contributed by atoms with Crippen LogP contribution >= 0.6 is 0 Å². The van der Waals surface area contributed by atoms with Gasteiger partial charge in [-0.3, -0.25) is 14.0 Å². The van der Waals surface area contributed by atoms with E-state index < -0.39 is 5.91 Å². The first-order chi connectivity index (χ1) is 10.1. The number of hydrogen-bond donors (Lipinski definition) is 1. The van der Waals surface area contributed by atoms with Crippen LogP contribution in [0, 0.1) is 6.92 Å². The normalized spacial score (nSPS) is 10.7. The highest BCUT2D eigenvalue weighted by Gasteiger charge is 2.13. The molecule has 3 rings (SSSR count). The summed E-state index contributed by atoms with van der Waals surface area (Å²) in [5.41, 5.74) is 1.04. The molecule has 6 heteroatoms. The van der Waals surface area contributed by atoms with Crippen molar-refractivity contribution in [2.24, 2.45) is 0 Å². The van der Waals surface area contributed by atoms with Crippen LogP contribution in [-0.4, -0.2) is 15.3 Å². The van der Waals surface area contributed by atoms with Gasteiger partial charge in [0.25, 0.3) is 11.5 Å². The van der Waals surface area contributed by atoms with E-state index in [9.17, 15) is 9.59 Å². The highest BCUT2D eigenvalue weighted by atomic mass is 16.3. The monoisotopic (exact) mass is 283 g/mol. The zero-order valence-corrected chi connectivity index (χ0v) is 11.4. The van der Waals surface area contributed by atoms with Crippen LogP contribution in [0.1, 0.15) is 21.7 Å². The number of amides is 1. The molecule has 3 heterocycles. The minimum absolute atomic E-state index is 0.00431. The summed E-state index contributed by atoms with van der Waals surface area (Å²) in [5.74, 6) is 0.146. The van der Waals surface area contributed by atoms with Gasteiger partial charge in [-0.25, -0.2) is 4.98 Å². The van der Waals surface area contributed by atoms with Crippen LogP contribution in [0.2, 0.25) is 0 Å². The van der Waals surface area contributed by atoms with Gasteiger partial charge in [-0.05, 0) is 30.7 Å². The SMILES string of the molecule is Cc1ccc2ncc(C(=O)NCc3ccco3)c(=O)n2c1. The average Bonchev–Trinajstić information content (AvgIpc) is 2.99. The van der Waals surface area contributed by atoms with Gasteiger partial charge in [0.05, 0.1) is 12.8 Å². The van der Waals surface area contributed by atoms with Crippen molar-refractivity contribution in [3.63, 3.8) is 0 Å². The molecule has 0 spiro atoms. The molecule has 3 aromatic rings. The molecule has 3 aromatic heterocycles. The average molecular weight is 283 g/mol. The van der Waals surface area contributed by atoms with Crippen LogP contribution < -0.4 is 10.9 Å². The predicted molar refractivity (Wildman–Crippen MR) is 76.1 cm³/mol. The molecule has 0 atom stereocenters. The minimum atomic E-state index is -0.472. The Hall–Kier alpha value is -2.89. The number of aromatic nitrogens is 2. The van der Waals surface area contributed by atoms with E-state index in [-0.39, 0.29) is 17.7 Å². The first-order valence-corrected chi connectivity index (χ1v) is 6.44. The Bertz CT molecular complexity index is 850. The van der Waals surface area contributed by atoms with Gasteiger partial charge in [0, 0.05) is 12.4 Å². The first-order valence-electron chi connectivity index (χ1n) is 6.44. The van der Waals surface area contributed by atoms with E-state index in [0.29, 0.717) is 11.4 Å². The molecule has 0 radical (unpaired) electrons. The lowest BCUT2D eigenvalue weighted by atomic mass is 10.2. The van der Waals surface area contributed by atoms with Gasteiger partial charge < -0.3 is 9.73 Å². The number of aryl methyl sites for hydroxylation is 1. The van der Waals surface area contributed by atoms with Crippen molar-refractivity contribution in [1.82, 2.24) is 14.7 Å². The van der Waals surface area contributed by atoms with Gasteiger partial charge in [-0.15, -0.1) is 0 Å². The quantitative estimate of drug-likeness (QED) is 0.790. The molecular formula is C15H13N3O3. The molecule has 0 aromatic carbocycles. The molecule has 0 unspecified atom stereocenters. The fourth-order valence-corrected chi connectivity index (χ4v) is 2.01. The van der Waals surface area contributed by atoms with E-state index in [0.717, 1.165) is 5.56 Å². The van der Waals surface area contributed by atoms with Crippen LogP contribution in [0.25, 0.3) is 5.65 Å². The van der Waals surface area contributed by atoms with Crippen LogP contribution in [0.15, 0.2) is 52.1 Å². The van der Waals surface area contributed by atoms with E-state index in [1.54, 1.807) is 24.4 Å². The topological polar surface area (TPSA) is 76.6 Å². The standard InChI is InChI=1S/C15H13N3O3/c1-10-4-5-13-16-8-12(15(20)18(13)9-10)14(19)17-7-11-3-2-6-21-11/h2-6,8-9H,7H2,1H3,(H,17,19). The molecule has 1 amide bonds. The third-order valence-corrected chi connectivity index (χ3v) is 3.10. The summed E-state index contributed by atoms with van der Waals surface area (Å²) in [6.45, 7) is 2.09. The largest absolute Gasteiger partial charge is 0.467 e. The molecular weight excluding hydrogens is 270 g/mol. The van der Waals surface area contributed by atoms with Crippen molar-refractivity contribution in [2.45, 2.75) is 13.5 Å². The molecule has 6 nitrogen and oxygen atoms in total. The van der Waals surface area contributed by atoms with Crippen LogP contribution in [-0.2, 0) is 6.54 Å². The van der Waals surface area contributed by atoms with Crippen molar-refractivity contribution in [2.75, 3.05) is 0 Å². The third-order valence-electron chi connectivity index (χ3n) is 3.10. The Balaban J connectivity index is 1.91. The maximum Gasteiger partial charge on any atom is 0.270 e. The van der Waals surface area contributed by atoms with Crippen molar-refractivity contribution in [1.29, 1.82) is 0 Å². The second-order valence-electron chi connectivity index (χ2n) is 4.67. The summed E-state index contributed by atoms with van der Waals surface area (Å²) in [7, 11) is 0. The summed E-state index contributed by atoms with van der Waals surface area (Å²) in [6, 6.07) is 7.07. The number of carbonyl (C=O) groups excluding carboxylic acids is 1. The first kappa shape index (κ1) is 13.1. The third kappa shape index (κ3) is 2.55. The molecule has 0 aliphatic heterocycles. The molecule has 1 N–H and O–H groups in total. The zero-order valence-electron chi connectivity index (χ0n) is 11.4. The molecule has 0 bridgehead atoms. The fraction of sp³-hybridized carbons (Fsp3) is 0.133. The zero-order chi connectivity index (χ0) is 14.8. The van der Waals surface area contributed by atoms with E-state index in [4.69, 9.17) is 4.42 Å². The van der Waals surface area contributed by atoms with Crippen LogP contribution in [0.3, 0.4) is 0 Å². The highest BCUT2D eigenvalue weighted by Crippen LogP contribution is 2.03. The Labute approximate surface area is 120 Å². The molecule has 0 fully saturated rings. The number of fused-ring (bicyclic) bond motifs is 1. The Kier molecular flexibility index (Phi) is 3.27. The van der Waals surface area contributed by atoms with Gasteiger partial charge >= 0.3 is 0 Å². The number of furan rings is 1. The van der Waals surface area contributed by atoms with Gasteiger partial charge in [0.1, 0.15) is 17.0 Å². The lowest BCUT2D eigenvalue weighted by Crippen LogP contribution is -2.31. The van der Waals surface area contributed by atoms with Gasteiger partial charge in [0.15, 0.2) is 0 Å².